The monoisotopic (exact) mass is 360 g/mol. The number of carbonyl (C=O) groups excluding carboxylic acids is 2. The van der Waals surface area contributed by atoms with Crippen LogP contribution in [-0.2, 0) is 19.1 Å². The minimum atomic E-state index is -0.471. The van der Waals surface area contributed by atoms with E-state index in [0.717, 1.165) is 11.3 Å². The van der Waals surface area contributed by atoms with Gasteiger partial charge in [-0.1, -0.05) is 6.07 Å². The van der Waals surface area contributed by atoms with Crippen molar-refractivity contribution in [1.29, 1.82) is 0 Å². The standard InChI is InChI=1S/C20H28N2O4/c1-15-4-5-18(14-16(15)2)22(17(3)23)9-6-19(24)21-10-7-20(8-11-21)25-12-13-26-20/h4-5,14H,6-13H2,1-3H3. The fourth-order valence-corrected chi connectivity index (χ4v) is 3.61. The van der Waals surface area contributed by atoms with Crippen LogP contribution in [0.3, 0.4) is 0 Å². The van der Waals surface area contributed by atoms with Crippen LogP contribution in [0.1, 0.15) is 37.3 Å². The summed E-state index contributed by atoms with van der Waals surface area (Å²) in [6.07, 6.45) is 1.75. The third kappa shape index (κ3) is 4.07. The van der Waals surface area contributed by atoms with Crippen molar-refractivity contribution in [2.24, 2.45) is 0 Å². The maximum absolute atomic E-state index is 12.6. The summed E-state index contributed by atoms with van der Waals surface area (Å²) in [6, 6.07) is 5.95. The van der Waals surface area contributed by atoms with Gasteiger partial charge in [-0.05, 0) is 37.1 Å². The fraction of sp³-hybridized carbons (Fsp3) is 0.600. The minimum absolute atomic E-state index is 0.0496. The molecule has 142 valence electrons. The summed E-state index contributed by atoms with van der Waals surface area (Å²) >= 11 is 0. The maximum atomic E-state index is 12.6. The van der Waals surface area contributed by atoms with E-state index in [9.17, 15) is 9.59 Å². The van der Waals surface area contributed by atoms with Gasteiger partial charge in [0.1, 0.15) is 0 Å². The predicted octanol–water partition coefficient (Wildman–Crippen LogP) is 2.41. The molecule has 1 spiro atoms. The largest absolute Gasteiger partial charge is 0.347 e. The second-order valence-corrected chi connectivity index (χ2v) is 7.18. The van der Waals surface area contributed by atoms with Crippen LogP contribution in [-0.4, -0.2) is 55.3 Å². The Morgan fingerprint density at radius 1 is 1.12 bits per heavy atom. The molecule has 0 aromatic heterocycles. The fourth-order valence-electron chi connectivity index (χ4n) is 3.61. The number of anilines is 1. The highest BCUT2D eigenvalue weighted by molar-refractivity contribution is 5.92. The predicted molar refractivity (Wildman–Crippen MR) is 99.0 cm³/mol. The lowest BCUT2D eigenvalue weighted by Crippen LogP contribution is -2.48. The Hall–Kier alpha value is -1.92. The van der Waals surface area contributed by atoms with Crippen molar-refractivity contribution in [1.82, 2.24) is 4.90 Å². The van der Waals surface area contributed by atoms with Crippen LogP contribution in [0.2, 0.25) is 0 Å². The van der Waals surface area contributed by atoms with Crippen molar-refractivity contribution in [3.8, 4) is 0 Å². The number of piperidine rings is 1. The summed E-state index contributed by atoms with van der Waals surface area (Å²) in [5, 5.41) is 0. The lowest BCUT2D eigenvalue weighted by Gasteiger charge is -2.37. The molecule has 6 heteroatoms. The molecule has 0 radical (unpaired) electrons. The molecule has 2 amide bonds. The zero-order valence-electron chi connectivity index (χ0n) is 15.9. The Morgan fingerprint density at radius 3 is 2.35 bits per heavy atom. The number of rotatable bonds is 4. The Labute approximate surface area is 155 Å². The van der Waals surface area contributed by atoms with Gasteiger partial charge in [-0.3, -0.25) is 9.59 Å². The Balaban J connectivity index is 1.56. The molecule has 2 heterocycles. The molecule has 2 aliphatic heterocycles. The molecule has 2 aliphatic rings. The molecule has 0 aliphatic carbocycles. The number of nitrogens with zero attached hydrogens (tertiary/aromatic N) is 2. The first-order valence-corrected chi connectivity index (χ1v) is 9.31. The minimum Gasteiger partial charge on any atom is -0.347 e. The molecule has 1 aromatic rings. The van der Waals surface area contributed by atoms with Crippen molar-refractivity contribution >= 4 is 17.5 Å². The van der Waals surface area contributed by atoms with E-state index in [1.54, 1.807) is 11.8 Å². The third-order valence-corrected chi connectivity index (χ3v) is 5.42. The van der Waals surface area contributed by atoms with Crippen molar-refractivity contribution in [3.63, 3.8) is 0 Å². The summed E-state index contributed by atoms with van der Waals surface area (Å²) in [5.74, 6) is -0.443. The molecule has 0 unspecified atom stereocenters. The van der Waals surface area contributed by atoms with Crippen LogP contribution in [0.4, 0.5) is 5.69 Å². The zero-order chi connectivity index (χ0) is 18.7. The van der Waals surface area contributed by atoms with Gasteiger partial charge in [0.05, 0.1) is 13.2 Å². The highest BCUT2D eigenvalue weighted by Gasteiger charge is 2.40. The molecular formula is C20H28N2O4. The number of hydrogen-bond donors (Lipinski definition) is 0. The van der Waals surface area contributed by atoms with E-state index in [-0.39, 0.29) is 11.8 Å². The first-order valence-electron chi connectivity index (χ1n) is 9.31. The van der Waals surface area contributed by atoms with Crippen molar-refractivity contribution in [2.75, 3.05) is 37.7 Å². The summed E-state index contributed by atoms with van der Waals surface area (Å²) < 4.78 is 11.4. The van der Waals surface area contributed by atoms with Gasteiger partial charge in [0.25, 0.3) is 0 Å². The van der Waals surface area contributed by atoms with Gasteiger partial charge >= 0.3 is 0 Å². The first kappa shape index (κ1) is 18.9. The molecule has 0 saturated carbocycles. The van der Waals surface area contributed by atoms with Gasteiger partial charge < -0.3 is 19.3 Å². The third-order valence-electron chi connectivity index (χ3n) is 5.42. The number of likely N-dealkylation sites (tertiary alicyclic amines) is 1. The summed E-state index contributed by atoms with van der Waals surface area (Å²) in [6.45, 7) is 8.56. The summed E-state index contributed by atoms with van der Waals surface area (Å²) in [7, 11) is 0. The molecule has 2 saturated heterocycles. The number of hydrogen-bond acceptors (Lipinski definition) is 4. The van der Waals surface area contributed by atoms with E-state index in [0.29, 0.717) is 52.1 Å². The van der Waals surface area contributed by atoms with Crippen molar-refractivity contribution in [2.45, 2.75) is 45.8 Å². The topological polar surface area (TPSA) is 59.1 Å². The van der Waals surface area contributed by atoms with E-state index in [2.05, 4.69) is 0 Å². The number of aryl methyl sites for hydroxylation is 2. The maximum Gasteiger partial charge on any atom is 0.224 e. The van der Waals surface area contributed by atoms with Gasteiger partial charge in [0.15, 0.2) is 5.79 Å². The molecular weight excluding hydrogens is 332 g/mol. The summed E-state index contributed by atoms with van der Waals surface area (Å²) in [4.78, 5) is 28.2. The van der Waals surface area contributed by atoms with Crippen molar-refractivity contribution < 1.29 is 19.1 Å². The molecule has 6 nitrogen and oxygen atoms in total. The van der Waals surface area contributed by atoms with E-state index in [4.69, 9.17) is 9.47 Å². The van der Waals surface area contributed by atoms with E-state index >= 15 is 0 Å². The number of amides is 2. The molecule has 3 rings (SSSR count). The van der Waals surface area contributed by atoms with Crippen LogP contribution in [0, 0.1) is 13.8 Å². The smallest absolute Gasteiger partial charge is 0.224 e. The molecule has 0 atom stereocenters. The SMILES string of the molecule is CC(=O)N(CCC(=O)N1CCC2(CC1)OCCO2)c1ccc(C)c(C)c1. The normalized spacial score (nSPS) is 19.0. The second-order valence-electron chi connectivity index (χ2n) is 7.18. The number of benzene rings is 1. The van der Waals surface area contributed by atoms with Crippen LogP contribution >= 0.6 is 0 Å². The summed E-state index contributed by atoms with van der Waals surface area (Å²) in [5.41, 5.74) is 3.17. The average molecular weight is 360 g/mol. The molecule has 2 fully saturated rings. The van der Waals surface area contributed by atoms with Crippen LogP contribution in [0.5, 0.6) is 0 Å². The van der Waals surface area contributed by atoms with Crippen LogP contribution in [0.15, 0.2) is 18.2 Å². The van der Waals surface area contributed by atoms with E-state index in [1.807, 2.05) is 36.9 Å². The first-order chi connectivity index (χ1) is 12.4. The Morgan fingerprint density at radius 2 is 1.77 bits per heavy atom. The lowest BCUT2D eigenvalue weighted by atomic mass is 10.0. The van der Waals surface area contributed by atoms with Gasteiger partial charge in [-0.25, -0.2) is 0 Å². The zero-order valence-corrected chi connectivity index (χ0v) is 15.9. The van der Waals surface area contributed by atoms with Gasteiger partial charge in [-0.15, -0.1) is 0 Å². The van der Waals surface area contributed by atoms with E-state index in [1.165, 1.54) is 5.56 Å². The molecule has 0 N–H and O–H groups in total. The highest BCUT2D eigenvalue weighted by atomic mass is 16.7. The van der Waals surface area contributed by atoms with Crippen LogP contribution < -0.4 is 4.90 Å². The number of ether oxygens (including phenoxy) is 2. The second kappa shape index (κ2) is 7.76. The van der Waals surface area contributed by atoms with E-state index < -0.39 is 5.79 Å². The Bertz CT molecular complexity index is 672. The Kier molecular flexibility index (Phi) is 5.63. The highest BCUT2D eigenvalue weighted by Crippen LogP contribution is 2.31. The van der Waals surface area contributed by atoms with Gasteiger partial charge in [0.2, 0.25) is 11.8 Å². The lowest BCUT2D eigenvalue weighted by molar-refractivity contribution is -0.187. The number of carbonyl (C=O) groups is 2. The molecule has 26 heavy (non-hydrogen) atoms. The molecule has 1 aromatic carbocycles. The average Bonchev–Trinajstić information content (AvgIpc) is 3.06. The van der Waals surface area contributed by atoms with Crippen molar-refractivity contribution in [3.05, 3.63) is 29.3 Å². The quantitative estimate of drug-likeness (QED) is 0.827. The van der Waals surface area contributed by atoms with Crippen LogP contribution in [0.25, 0.3) is 0 Å². The van der Waals surface area contributed by atoms with Gasteiger partial charge in [-0.2, -0.15) is 0 Å². The van der Waals surface area contributed by atoms with Gasteiger partial charge in [0, 0.05) is 51.5 Å². The molecule has 0 bridgehead atoms.